The zero-order valence-electron chi connectivity index (χ0n) is 7.49. The zero-order chi connectivity index (χ0) is 9.95. The van der Waals surface area contributed by atoms with Gasteiger partial charge in [-0.25, -0.2) is 0 Å². The molecular weight excluding hydrogens is 185 g/mol. The molecule has 0 aromatic carbocycles. The van der Waals surface area contributed by atoms with Crippen LogP contribution in [0.3, 0.4) is 0 Å². The van der Waals surface area contributed by atoms with Gasteiger partial charge < -0.3 is 9.47 Å². The quantitative estimate of drug-likeness (QED) is 0.643. The summed E-state index contributed by atoms with van der Waals surface area (Å²) in [5.41, 5.74) is -0.0639. The van der Waals surface area contributed by atoms with Crippen molar-refractivity contribution in [2.75, 3.05) is 26.4 Å². The average molecular weight is 198 g/mol. The van der Waals surface area contributed by atoms with Crippen molar-refractivity contribution >= 4 is 0 Å². The lowest BCUT2D eigenvalue weighted by molar-refractivity contribution is -0.164. The number of hydrogen-bond acceptors (Lipinski definition) is 2. The Morgan fingerprint density at radius 2 is 2.00 bits per heavy atom. The first-order valence-electron chi connectivity index (χ1n) is 4.14. The van der Waals surface area contributed by atoms with Crippen LogP contribution in [0.25, 0.3) is 0 Å². The standard InChI is InChI=1S/C8H13F3O2/c1-7(5-13-6-7)4-12-3-2-8(9,10)11/h2-6H2,1H3. The van der Waals surface area contributed by atoms with Crippen molar-refractivity contribution in [1.82, 2.24) is 0 Å². The fourth-order valence-corrected chi connectivity index (χ4v) is 1.04. The SMILES string of the molecule is CC1(COCCC(F)(F)F)COC1. The molecule has 0 aliphatic carbocycles. The Labute approximate surface area is 75.0 Å². The topological polar surface area (TPSA) is 18.5 Å². The molecule has 1 aliphatic rings. The van der Waals surface area contributed by atoms with E-state index in [0.29, 0.717) is 19.8 Å². The third kappa shape index (κ3) is 3.95. The van der Waals surface area contributed by atoms with E-state index < -0.39 is 12.6 Å². The Hall–Kier alpha value is -0.290. The minimum atomic E-state index is -4.11. The molecule has 1 fully saturated rings. The Morgan fingerprint density at radius 3 is 2.38 bits per heavy atom. The largest absolute Gasteiger partial charge is 0.391 e. The molecule has 1 aliphatic heterocycles. The predicted molar refractivity (Wildman–Crippen MR) is 40.4 cm³/mol. The molecule has 1 rings (SSSR count). The number of alkyl halides is 3. The number of halogens is 3. The van der Waals surface area contributed by atoms with Gasteiger partial charge in [-0.15, -0.1) is 0 Å². The molecule has 0 aromatic rings. The summed E-state index contributed by atoms with van der Waals surface area (Å²) < 4.78 is 44.9. The second-order valence-corrected chi connectivity index (χ2v) is 3.72. The first-order valence-corrected chi connectivity index (χ1v) is 4.14. The molecular formula is C8H13F3O2. The summed E-state index contributed by atoms with van der Waals surface area (Å²) in [6.07, 6.45) is -4.99. The molecule has 0 atom stereocenters. The maximum Gasteiger partial charge on any atom is 0.391 e. The van der Waals surface area contributed by atoms with Crippen molar-refractivity contribution in [3.05, 3.63) is 0 Å². The van der Waals surface area contributed by atoms with Gasteiger partial charge in [0.15, 0.2) is 0 Å². The van der Waals surface area contributed by atoms with E-state index in [1.807, 2.05) is 6.92 Å². The molecule has 1 saturated heterocycles. The van der Waals surface area contributed by atoms with Crippen LogP contribution in [0.4, 0.5) is 13.2 Å². The lowest BCUT2D eigenvalue weighted by Crippen LogP contribution is -2.43. The second kappa shape index (κ2) is 3.84. The van der Waals surface area contributed by atoms with Gasteiger partial charge in [-0.05, 0) is 0 Å². The Balaban J connectivity index is 2.01. The van der Waals surface area contributed by atoms with Gasteiger partial charge >= 0.3 is 6.18 Å². The maximum absolute atomic E-state index is 11.7. The number of hydrogen-bond donors (Lipinski definition) is 0. The van der Waals surface area contributed by atoms with Crippen LogP contribution >= 0.6 is 0 Å². The molecule has 0 spiro atoms. The molecule has 78 valence electrons. The second-order valence-electron chi connectivity index (χ2n) is 3.72. The van der Waals surface area contributed by atoms with Gasteiger partial charge in [0.05, 0.1) is 32.8 Å². The van der Waals surface area contributed by atoms with E-state index in [1.54, 1.807) is 0 Å². The number of rotatable bonds is 4. The Bertz CT molecular complexity index is 163. The van der Waals surface area contributed by atoms with Gasteiger partial charge in [-0.1, -0.05) is 6.92 Å². The van der Waals surface area contributed by atoms with Crippen LogP contribution in [-0.2, 0) is 9.47 Å². The Morgan fingerprint density at radius 1 is 1.38 bits per heavy atom. The fraction of sp³-hybridized carbons (Fsp3) is 1.00. The molecule has 0 amide bonds. The van der Waals surface area contributed by atoms with E-state index >= 15 is 0 Å². The van der Waals surface area contributed by atoms with Crippen molar-refractivity contribution in [1.29, 1.82) is 0 Å². The van der Waals surface area contributed by atoms with Crippen molar-refractivity contribution in [2.24, 2.45) is 5.41 Å². The van der Waals surface area contributed by atoms with Crippen LogP contribution in [0, 0.1) is 5.41 Å². The molecule has 2 nitrogen and oxygen atoms in total. The molecule has 0 radical (unpaired) electrons. The highest BCUT2D eigenvalue weighted by Crippen LogP contribution is 2.27. The summed E-state index contributed by atoms with van der Waals surface area (Å²) in [6.45, 7) is 3.20. The highest BCUT2D eigenvalue weighted by Gasteiger charge is 2.34. The van der Waals surface area contributed by atoms with Crippen molar-refractivity contribution in [2.45, 2.75) is 19.5 Å². The highest BCUT2D eigenvalue weighted by atomic mass is 19.4. The van der Waals surface area contributed by atoms with Gasteiger partial charge in [-0.2, -0.15) is 13.2 Å². The highest BCUT2D eigenvalue weighted by molar-refractivity contribution is 4.80. The summed E-state index contributed by atoms with van der Waals surface area (Å²) in [5, 5.41) is 0. The predicted octanol–water partition coefficient (Wildman–Crippen LogP) is 1.99. The first kappa shape index (κ1) is 10.8. The van der Waals surface area contributed by atoms with Gasteiger partial charge in [-0.3, -0.25) is 0 Å². The van der Waals surface area contributed by atoms with Crippen LogP contribution in [0.2, 0.25) is 0 Å². The third-order valence-electron chi connectivity index (χ3n) is 1.88. The molecule has 0 N–H and O–H groups in total. The Kier molecular flexibility index (Phi) is 3.18. The summed E-state index contributed by atoms with van der Waals surface area (Å²) in [7, 11) is 0. The van der Waals surface area contributed by atoms with Crippen molar-refractivity contribution in [3.8, 4) is 0 Å². The monoisotopic (exact) mass is 198 g/mol. The lowest BCUT2D eigenvalue weighted by Gasteiger charge is -2.37. The van der Waals surface area contributed by atoms with Crippen LogP contribution in [0.5, 0.6) is 0 Å². The van der Waals surface area contributed by atoms with E-state index in [1.165, 1.54) is 0 Å². The van der Waals surface area contributed by atoms with E-state index in [4.69, 9.17) is 9.47 Å². The van der Waals surface area contributed by atoms with Gasteiger partial charge in [0, 0.05) is 5.41 Å². The maximum atomic E-state index is 11.7. The van der Waals surface area contributed by atoms with E-state index in [2.05, 4.69) is 0 Å². The average Bonchev–Trinajstić information content (AvgIpc) is 1.93. The summed E-state index contributed by atoms with van der Waals surface area (Å²) in [4.78, 5) is 0. The zero-order valence-corrected chi connectivity index (χ0v) is 7.49. The minimum Gasteiger partial charge on any atom is -0.380 e. The molecule has 0 bridgehead atoms. The third-order valence-corrected chi connectivity index (χ3v) is 1.88. The minimum absolute atomic E-state index is 0.0639. The van der Waals surface area contributed by atoms with Crippen LogP contribution in [-0.4, -0.2) is 32.6 Å². The molecule has 0 unspecified atom stereocenters. The first-order chi connectivity index (χ1) is 5.91. The van der Waals surface area contributed by atoms with Crippen LogP contribution in [0.1, 0.15) is 13.3 Å². The molecule has 13 heavy (non-hydrogen) atoms. The molecule has 0 saturated carbocycles. The molecule has 5 heteroatoms. The summed E-state index contributed by atoms with van der Waals surface area (Å²) in [6, 6.07) is 0. The van der Waals surface area contributed by atoms with Crippen molar-refractivity contribution in [3.63, 3.8) is 0 Å². The fourth-order valence-electron chi connectivity index (χ4n) is 1.04. The van der Waals surface area contributed by atoms with Gasteiger partial charge in [0.2, 0.25) is 0 Å². The molecule has 0 aromatic heterocycles. The van der Waals surface area contributed by atoms with E-state index in [0.717, 1.165) is 0 Å². The number of ether oxygens (including phenoxy) is 2. The van der Waals surface area contributed by atoms with E-state index in [9.17, 15) is 13.2 Å². The van der Waals surface area contributed by atoms with Gasteiger partial charge in [0.1, 0.15) is 0 Å². The van der Waals surface area contributed by atoms with E-state index in [-0.39, 0.29) is 12.0 Å². The summed E-state index contributed by atoms with van der Waals surface area (Å²) >= 11 is 0. The lowest BCUT2D eigenvalue weighted by atomic mass is 9.90. The summed E-state index contributed by atoms with van der Waals surface area (Å²) in [5.74, 6) is 0. The normalized spacial score (nSPS) is 21.2. The molecule has 1 heterocycles. The van der Waals surface area contributed by atoms with Crippen molar-refractivity contribution < 1.29 is 22.6 Å². The van der Waals surface area contributed by atoms with Crippen LogP contribution < -0.4 is 0 Å². The van der Waals surface area contributed by atoms with Gasteiger partial charge in [0.25, 0.3) is 0 Å². The smallest absolute Gasteiger partial charge is 0.380 e. The van der Waals surface area contributed by atoms with Crippen LogP contribution in [0.15, 0.2) is 0 Å².